The van der Waals surface area contributed by atoms with E-state index in [0.29, 0.717) is 0 Å². The number of aromatic carboxylic acids is 1. The molecule has 0 fully saturated rings. The third kappa shape index (κ3) is 2.85. The van der Waals surface area contributed by atoms with Gasteiger partial charge in [-0.15, -0.1) is 11.8 Å². The van der Waals surface area contributed by atoms with Gasteiger partial charge in [-0.2, -0.15) is 0 Å². The summed E-state index contributed by atoms with van der Waals surface area (Å²) in [4.78, 5) is 16.0. The van der Waals surface area contributed by atoms with Gasteiger partial charge in [-0.1, -0.05) is 6.07 Å². The van der Waals surface area contributed by atoms with Gasteiger partial charge in [0.2, 0.25) is 0 Å². The Morgan fingerprint density at radius 2 is 2.05 bits per heavy atom. The Kier molecular flexibility index (Phi) is 3.74. The van der Waals surface area contributed by atoms with Gasteiger partial charge >= 0.3 is 5.97 Å². The Morgan fingerprint density at radius 3 is 2.90 bits per heavy atom. The number of aromatic nitrogens is 1. The molecular formula is C16H15NO2S. The molecule has 1 N–H and O–H groups in total. The van der Waals surface area contributed by atoms with E-state index in [1.165, 1.54) is 35.3 Å². The van der Waals surface area contributed by atoms with Crippen LogP contribution in [0.2, 0.25) is 0 Å². The van der Waals surface area contributed by atoms with E-state index in [0.717, 1.165) is 11.3 Å². The molecule has 0 aliphatic heterocycles. The zero-order valence-electron chi connectivity index (χ0n) is 11.0. The molecule has 4 heteroatoms. The number of rotatable bonds is 4. The minimum atomic E-state index is -0.977. The van der Waals surface area contributed by atoms with Gasteiger partial charge < -0.3 is 5.11 Å². The summed E-state index contributed by atoms with van der Waals surface area (Å²) in [5.41, 5.74) is 4.04. The van der Waals surface area contributed by atoms with Crippen molar-refractivity contribution >= 4 is 17.7 Å². The molecule has 102 valence electrons. The number of aryl methyl sites for hydroxylation is 2. The van der Waals surface area contributed by atoms with Gasteiger partial charge in [0.15, 0.2) is 0 Å². The first-order valence-electron chi connectivity index (χ1n) is 6.65. The molecule has 1 aromatic heterocycles. The molecule has 0 saturated heterocycles. The van der Waals surface area contributed by atoms with Crippen LogP contribution in [0.4, 0.5) is 0 Å². The van der Waals surface area contributed by atoms with Crippen molar-refractivity contribution in [3.63, 3.8) is 0 Å². The number of benzene rings is 1. The second kappa shape index (κ2) is 5.67. The maximum atomic E-state index is 10.9. The molecule has 0 spiro atoms. The number of thioether (sulfide) groups is 1. The fraction of sp³-hybridized carbons (Fsp3) is 0.250. The fourth-order valence-electron chi connectivity index (χ4n) is 2.49. The van der Waals surface area contributed by atoms with E-state index in [2.05, 4.69) is 23.2 Å². The Morgan fingerprint density at radius 1 is 1.20 bits per heavy atom. The Balaban J connectivity index is 1.70. The van der Waals surface area contributed by atoms with Crippen LogP contribution in [0.15, 0.2) is 41.4 Å². The first kappa shape index (κ1) is 13.2. The standard InChI is InChI=1S/C16H15NO2S/c18-16(19)15-8-11(6-7-17-15)10-20-14-5-4-12-2-1-3-13(12)9-14/h4-9H,1-3,10H2,(H,18,19). The molecule has 0 atom stereocenters. The first-order valence-corrected chi connectivity index (χ1v) is 7.64. The minimum absolute atomic E-state index is 0.108. The van der Waals surface area contributed by atoms with Gasteiger partial charge in [-0.25, -0.2) is 9.78 Å². The normalized spacial score (nSPS) is 13.2. The van der Waals surface area contributed by atoms with E-state index < -0.39 is 5.97 Å². The average molecular weight is 285 g/mol. The molecule has 3 rings (SSSR count). The predicted octanol–water partition coefficient (Wildman–Crippen LogP) is 3.56. The lowest BCUT2D eigenvalue weighted by molar-refractivity contribution is 0.0690. The number of nitrogens with zero attached hydrogens (tertiary/aromatic N) is 1. The summed E-state index contributed by atoms with van der Waals surface area (Å²) >= 11 is 1.74. The predicted molar refractivity (Wildman–Crippen MR) is 79.2 cm³/mol. The summed E-state index contributed by atoms with van der Waals surface area (Å²) in [5, 5.41) is 8.93. The van der Waals surface area contributed by atoms with Crippen molar-refractivity contribution < 1.29 is 9.90 Å². The van der Waals surface area contributed by atoms with Crippen LogP contribution >= 0.6 is 11.8 Å². The summed E-state index contributed by atoms with van der Waals surface area (Å²) in [6, 6.07) is 10.2. The van der Waals surface area contributed by atoms with Crippen LogP contribution in [-0.2, 0) is 18.6 Å². The number of hydrogen-bond acceptors (Lipinski definition) is 3. The number of hydrogen-bond donors (Lipinski definition) is 1. The summed E-state index contributed by atoms with van der Waals surface area (Å²) in [5.74, 6) is -0.212. The van der Waals surface area contributed by atoms with Crippen molar-refractivity contribution in [3.05, 3.63) is 58.9 Å². The van der Waals surface area contributed by atoms with Crippen LogP contribution in [-0.4, -0.2) is 16.1 Å². The molecule has 0 unspecified atom stereocenters. The Labute approximate surface area is 122 Å². The van der Waals surface area contributed by atoms with E-state index in [4.69, 9.17) is 5.11 Å². The van der Waals surface area contributed by atoms with Crippen molar-refractivity contribution in [1.82, 2.24) is 4.98 Å². The van der Waals surface area contributed by atoms with E-state index in [1.807, 2.05) is 6.07 Å². The lowest BCUT2D eigenvalue weighted by Crippen LogP contribution is -2.00. The fourth-order valence-corrected chi connectivity index (χ4v) is 3.39. The molecule has 0 amide bonds. The van der Waals surface area contributed by atoms with Gasteiger partial charge in [0.1, 0.15) is 5.69 Å². The molecule has 0 radical (unpaired) electrons. The Hall–Kier alpha value is -1.81. The molecule has 0 saturated carbocycles. The largest absolute Gasteiger partial charge is 0.477 e. The van der Waals surface area contributed by atoms with Crippen LogP contribution in [0.3, 0.4) is 0 Å². The molecule has 20 heavy (non-hydrogen) atoms. The smallest absolute Gasteiger partial charge is 0.354 e. The van der Waals surface area contributed by atoms with Crippen molar-refractivity contribution in [2.75, 3.05) is 0 Å². The van der Waals surface area contributed by atoms with E-state index in [1.54, 1.807) is 24.0 Å². The van der Waals surface area contributed by atoms with Crippen LogP contribution in [0.5, 0.6) is 0 Å². The zero-order chi connectivity index (χ0) is 13.9. The minimum Gasteiger partial charge on any atom is -0.477 e. The summed E-state index contributed by atoms with van der Waals surface area (Å²) in [6.07, 6.45) is 5.20. The quantitative estimate of drug-likeness (QED) is 0.873. The third-order valence-electron chi connectivity index (χ3n) is 3.52. The highest BCUT2D eigenvalue weighted by atomic mass is 32.2. The van der Waals surface area contributed by atoms with Gasteiger partial charge in [0.25, 0.3) is 0 Å². The molecule has 1 heterocycles. The highest BCUT2D eigenvalue weighted by molar-refractivity contribution is 7.98. The van der Waals surface area contributed by atoms with Crippen LogP contribution in [0.1, 0.15) is 33.6 Å². The van der Waals surface area contributed by atoms with Crippen molar-refractivity contribution in [2.45, 2.75) is 29.9 Å². The number of carboxylic acid groups (broad SMARTS) is 1. The number of fused-ring (bicyclic) bond motifs is 1. The number of carboxylic acids is 1. The van der Waals surface area contributed by atoms with Gasteiger partial charge in [0, 0.05) is 16.8 Å². The monoisotopic (exact) mass is 285 g/mol. The maximum absolute atomic E-state index is 10.9. The van der Waals surface area contributed by atoms with Crippen molar-refractivity contribution in [3.8, 4) is 0 Å². The molecule has 2 aromatic rings. The van der Waals surface area contributed by atoms with E-state index in [-0.39, 0.29) is 5.69 Å². The van der Waals surface area contributed by atoms with E-state index >= 15 is 0 Å². The molecule has 1 aromatic carbocycles. The van der Waals surface area contributed by atoms with Crippen molar-refractivity contribution in [1.29, 1.82) is 0 Å². The van der Waals surface area contributed by atoms with Gasteiger partial charge in [0.05, 0.1) is 0 Å². The van der Waals surface area contributed by atoms with Crippen LogP contribution in [0.25, 0.3) is 0 Å². The first-order chi connectivity index (χ1) is 9.72. The highest BCUT2D eigenvalue weighted by Gasteiger charge is 2.11. The molecule has 1 aliphatic rings. The average Bonchev–Trinajstić information content (AvgIpc) is 2.93. The number of pyridine rings is 1. The summed E-state index contributed by atoms with van der Waals surface area (Å²) in [6.45, 7) is 0. The molecule has 1 aliphatic carbocycles. The van der Waals surface area contributed by atoms with Crippen LogP contribution in [0, 0.1) is 0 Å². The lowest BCUT2D eigenvalue weighted by Gasteiger charge is -2.05. The highest BCUT2D eigenvalue weighted by Crippen LogP contribution is 2.29. The maximum Gasteiger partial charge on any atom is 0.354 e. The molecule has 3 nitrogen and oxygen atoms in total. The van der Waals surface area contributed by atoms with Gasteiger partial charge in [-0.05, 0) is 60.2 Å². The van der Waals surface area contributed by atoms with Crippen molar-refractivity contribution in [2.24, 2.45) is 0 Å². The second-order valence-electron chi connectivity index (χ2n) is 4.93. The summed E-state index contributed by atoms with van der Waals surface area (Å²) < 4.78 is 0. The van der Waals surface area contributed by atoms with Crippen LogP contribution < -0.4 is 0 Å². The third-order valence-corrected chi connectivity index (χ3v) is 4.58. The molecule has 0 bridgehead atoms. The molecular weight excluding hydrogens is 270 g/mol. The second-order valence-corrected chi connectivity index (χ2v) is 5.98. The van der Waals surface area contributed by atoms with E-state index in [9.17, 15) is 4.79 Å². The SMILES string of the molecule is O=C(O)c1cc(CSc2ccc3c(c2)CCC3)ccn1. The van der Waals surface area contributed by atoms with Gasteiger partial charge in [-0.3, -0.25) is 0 Å². The topological polar surface area (TPSA) is 50.2 Å². The summed E-state index contributed by atoms with van der Waals surface area (Å²) in [7, 11) is 0. The lowest BCUT2D eigenvalue weighted by atomic mass is 10.1. The number of carbonyl (C=O) groups is 1. The zero-order valence-corrected chi connectivity index (χ0v) is 11.8. The Bertz CT molecular complexity index is 655.